The second-order valence-corrected chi connectivity index (χ2v) is 3.35. The van der Waals surface area contributed by atoms with Gasteiger partial charge in [-0.25, -0.2) is 0 Å². The number of nitrogens with zero attached hydrogens (tertiary/aromatic N) is 2. The van der Waals surface area contributed by atoms with Gasteiger partial charge in [-0.05, 0) is 19.3 Å². The lowest BCUT2D eigenvalue weighted by Crippen LogP contribution is -1.95. The molecule has 0 aliphatic rings. The van der Waals surface area contributed by atoms with E-state index in [-0.39, 0.29) is 0 Å². The number of rotatable bonds is 5. The minimum atomic E-state index is 1.04. The lowest BCUT2D eigenvalue weighted by molar-refractivity contribution is 0.764. The van der Waals surface area contributed by atoms with E-state index in [4.69, 9.17) is 0 Å². The summed E-state index contributed by atoms with van der Waals surface area (Å²) in [7, 11) is 0. The van der Waals surface area contributed by atoms with E-state index in [1.807, 2.05) is 12.4 Å². The molecule has 13 heavy (non-hydrogen) atoms. The van der Waals surface area contributed by atoms with Gasteiger partial charge in [0.15, 0.2) is 0 Å². The predicted molar refractivity (Wildman–Crippen MR) is 54.6 cm³/mol. The van der Waals surface area contributed by atoms with Crippen molar-refractivity contribution in [3.05, 3.63) is 23.8 Å². The molecule has 0 aliphatic carbocycles. The Kier molecular flexibility index (Phi) is 4.44. The molecule has 0 saturated carbocycles. The highest BCUT2D eigenvalue weighted by molar-refractivity contribution is 5.02. The van der Waals surface area contributed by atoms with E-state index in [0.29, 0.717) is 0 Å². The lowest BCUT2D eigenvalue weighted by atomic mass is 10.2. The van der Waals surface area contributed by atoms with Crippen LogP contribution in [0.5, 0.6) is 0 Å². The van der Waals surface area contributed by atoms with Crippen LogP contribution < -0.4 is 0 Å². The summed E-state index contributed by atoms with van der Waals surface area (Å²) in [5, 5.41) is 0. The Bertz CT molecular complexity index is 228. The maximum atomic E-state index is 4.37. The van der Waals surface area contributed by atoms with Gasteiger partial charge >= 0.3 is 0 Å². The van der Waals surface area contributed by atoms with Crippen molar-refractivity contribution in [2.45, 2.75) is 46.0 Å². The molecule has 1 rings (SSSR count). The van der Waals surface area contributed by atoms with Gasteiger partial charge in [0.1, 0.15) is 0 Å². The third-order valence-corrected chi connectivity index (χ3v) is 2.05. The van der Waals surface area contributed by atoms with Crippen molar-refractivity contribution >= 4 is 0 Å². The van der Waals surface area contributed by atoms with Crippen molar-refractivity contribution in [3.8, 4) is 0 Å². The zero-order chi connectivity index (χ0) is 9.52. The molecule has 0 saturated heterocycles. The Morgan fingerprint density at radius 1 is 0.923 bits per heavy atom. The van der Waals surface area contributed by atoms with Crippen molar-refractivity contribution in [1.82, 2.24) is 9.97 Å². The molecular weight excluding hydrogens is 160 g/mol. The number of hydrogen-bond acceptors (Lipinski definition) is 2. The van der Waals surface area contributed by atoms with E-state index in [1.165, 1.54) is 12.8 Å². The van der Waals surface area contributed by atoms with E-state index >= 15 is 0 Å². The molecule has 0 radical (unpaired) electrons. The van der Waals surface area contributed by atoms with Crippen LogP contribution in [-0.2, 0) is 12.8 Å². The maximum absolute atomic E-state index is 4.37. The predicted octanol–water partition coefficient (Wildman–Crippen LogP) is 2.77. The van der Waals surface area contributed by atoms with Crippen molar-refractivity contribution in [1.29, 1.82) is 0 Å². The molecule has 0 fully saturated rings. The molecule has 0 spiro atoms. The number of hydrogen-bond donors (Lipinski definition) is 0. The first-order valence-corrected chi connectivity index (χ1v) is 5.16. The van der Waals surface area contributed by atoms with E-state index in [0.717, 1.165) is 30.7 Å². The topological polar surface area (TPSA) is 25.8 Å². The van der Waals surface area contributed by atoms with Gasteiger partial charge in [-0.1, -0.05) is 26.7 Å². The van der Waals surface area contributed by atoms with Crippen LogP contribution in [0.25, 0.3) is 0 Å². The fourth-order valence-electron chi connectivity index (χ4n) is 1.25. The van der Waals surface area contributed by atoms with Gasteiger partial charge in [-0.15, -0.1) is 0 Å². The van der Waals surface area contributed by atoms with Gasteiger partial charge in [0, 0.05) is 12.4 Å². The van der Waals surface area contributed by atoms with Crippen LogP contribution >= 0.6 is 0 Å². The molecule has 1 aromatic rings. The van der Waals surface area contributed by atoms with E-state index in [1.54, 1.807) is 0 Å². The number of unbranched alkanes of at least 4 members (excludes halogenated alkanes) is 1. The molecule has 0 unspecified atom stereocenters. The fourth-order valence-corrected chi connectivity index (χ4v) is 1.25. The third kappa shape index (κ3) is 3.53. The zero-order valence-corrected chi connectivity index (χ0v) is 8.58. The minimum absolute atomic E-state index is 1.04. The van der Waals surface area contributed by atoms with Crippen molar-refractivity contribution in [2.75, 3.05) is 0 Å². The molecule has 0 amide bonds. The first kappa shape index (κ1) is 10.2. The van der Waals surface area contributed by atoms with E-state index in [9.17, 15) is 0 Å². The van der Waals surface area contributed by atoms with Crippen molar-refractivity contribution in [2.24, 2.45) is 0 Å². The summed E-state index contributed by atoms with van der Waals surface area (Å²) in [5.74, 6) is 0. The van der Waals surface area contributed by atoms with Crippen molar-refractivity contribution < 1.29 is 0 Å². The molecule has 2 heteroatoms. The second kappa shape index (κ2) is 5.68. The Labute approximate surface area is 80.4 Å². The zero-order valence-electron chi connectivity index (χ0n) is 8.58. The van der Waals surface area contributed by atoms with Gasteiger partial charge in [-0.3, -0.25) is 9.97 Å². The number of aryl methyl sites for hydroxylation is 2. The van der Waals surface area contributed by atoms with Crippen molar-refractivity contribution in [3.63, 3.8) is 0 Å². The molecule has 1 aromatic heterocycles. The highest BCUT2D eigenvalue weighted by Gasteiger charge is 1.96. The average molecular weight is 178 g/mol. The summed E-state index contributed by atoms with van der Waals surface area (Å²) in [4.78, 5) is 8.73. The summed E-state index contributed by atoms with van der Waals surface area (Å²) < 4.78 is 0. The van der Waals surface area contributed by atoms with E-state index in [2.05, 4.69) is 23.8 Å². The number of aromatic nitrogens is 2. The first-order chi connectivity index (χ1) is 6.36. The molecule has 0 bridgehead atoms. The molecule has 72 valence electrons. The second-order valence-electron chi connectivity index (χ2n) is 3.35. The Morgan fingerprint density at radius 3 is 2.00 bits per heavy atom. The molecular formula is C11H18N2. The van der Waals surface area contributed by atoms with Gasteiger partial charge in [0.25, 0.3) is 0 Å². The van der Waals surface area contributed by atoms with Crippen LogP contribution in [0.4, 0.5) is 0 Å². The first-order valence-electron chi connectivity index (χ1n) is 5.16. The highest BCUT2D eigenvalue weighted by atomic mass is 14.8. The molecule has 0 aliphatic heterocycles. The van der Waals surface area contributed by atoms with Crippen LogP contribution in [0.1, 0.15) is 44.5 Å². The minimum Gasteiger partial charge on any atom is -0.258 e. The Morgan fingerprint density at radius 2 is 1.54 bits per heavy atom. The smallest absolute Gasteiger partial charge is 0.0586 e. The van der Waals surface area contributed by atoms with Crippen LogP contribution in [-0.4, -0.2) is 9.97 Å². The average Bonchev–Trinajstić information content (AvgIpc) is 2.17. The summed E-state index contributed by atoms with van der Waals surface area (Å²) >= 11 is 0. The van der Waals surface area contributed by atoms with Gasteiger partial charge in [0.05, 0.1) is 11.4 Å². The fraction of sp³-hybridized carbons (Fsp3) is 0.636. The summed E-state index contributed by atoms with van der Waals surface area (Å²) in [5.41, 5.74) is 2.24. The molecule has 2 nitrogen and oxygen atoms in total. The molecule has 0 N–H and O–H groups in total. The Balaban J connectivity index is 2.48. The van der Waals surface area contributed by atoms with Gasteiger partial charge < -0.3 is 0 Å². The summed E-state index contributed by atoms with van der Waals surface area (Å²) in [6.45, 7) is 4.35. The van der Waals surface area contributed by atoms with Crippen LogP contribution in [0.2, 0.25) is 0 Å². The quantitative estimate of drug-likeness (QED) is 0.693. The Hall–Kier alpha value is -0.920. The monoisotopic (exact) mass is 178 g/mol. The SMILES string of the molecule is CCCCc1cnc(CCC)cn1. The van der Waals surface area contributed by atoms with Crippen LogP contribution in [0, 0.1) is 0 Å². The maximum Gasteiger partial charge on any atom is 0.0586 e. The van der Waals surface area contributed by atoms with Crippen LogP contribution in [0.15, 0.2) is 12.4 Å². The van der Waals surface area contributed by atoms with Crippen LogP contribution in [0.3, 0.4) is 0 Å². The molecule has 0 aromatic carbocycles. The normalized spacial score (nSPS) is 10.3. The summed E-state index contributed by atoms with van der Waals surface area (Å²) in [6.07, 6.45) is 9.51. The van der Waals surface area contributed by atoms with E-state index < -0.39 is 0 Å². The molecule has 1 heterocycles. The summed E-state index contributed by atoms with van der Waals surface area (Å²) in [6, 6.07) is 0. The largest absolute Gasteiger partial charge is 0.258 e. The lowest BCUT2D eigenvalue weighted by Gasteiger charge is -2.00. The molecule has 0 atom stereocenters. The third-order valence-electron chi connectivity index (χ3n) is 2.05. The van der Waals surface area contributed by atoms with Gasteiger partial charge in [0.2, 0.25) is 0 Å². The van der Waals surface area contributed by atoms with Gasteiger partial charge in [-0.2, -0.15) is 0 Å². The standard InChI is InChI=1S/C11H18N2/c1-3-5-7-11-9-12-10(6-4-2)8-13-11/h8-9H,3-7H2,1-2H3. The highest BCUT2D eigenvalue weighted by Crippen LogP contribution is 2.02.